The van der Waals surface area contributed by atoms with Crippen molar-refractivity contribution in [3.05, 3.63) is 51.7 Å². The fraction of sp³-hybridized carbons (Fsp3) is 0.286. The van der Waals surface area contributed by atoms with Gasteiger partial charge in [-0.2, -0.15) is 0 Å². The Balaban J connectivity index is 1.64. The van der Waals surface area contributed by atoms with E-state index in [0.29, 0.717) is 0 Å². The highest BCUT2D eigenvalue weighted by molar-refractivity contribution is 8.00. The summed E-state index contributed by atoms with van der Waals surface area (Å²) in [6.45, 7) is 0. The number of aryl methyl sites for hydroxylation is 2. The van der Waals surface area contributed by atoms with E-state index in [4.69, 9.17) is 9.47 Å². The number of ether oxygens (including phenoxy) is 2. The quantitative estimate of drug-likeness (QED) is 0.247. The number of carbonyl (C=O) groups is 3. The second kappa shape index (κ2) is 8.53. The first-order chi connectivity index (χ1) is 14.5. The highest BCUT2D eigenvalue weighted by Crippen LogP contribution is 2.40. The van der Waals surface area contributed by atoms with Crippen LogP contribution in [0.4, 0.5) is 0 Å². The Hall–Kier alpha value is -2.78. The lowest BCUT2D eigenvalue weighted by Gasteiger charge is -2.09. The van der Waals surface area contributed by atoms with Crippen molar-refractivity contribution in [2.24, 2.45) is 0 Å². The molecule has 0 unspecified atom stereocenters. The molecule has 1 aliphatic carbocycles. The number of thioether (sulfide) groups is 1. The lowest BCUT2D eigenvalue weighted by molar-refractivity contribution is 0.0585. The summed E-state index contributed by atoms with van der Waals surface area (Å²) in [7, 11) is 2.50. The van der Waals surface area contributed by atoms with Crippen LogP contribution in [-0.2, 0) is 22.3 Å². The SMILES string of the molecule is COC(=O)c1ccc(C(=O)OC)c(C(=O)CSc2ncnc3sc4c(c23)CCC4)c1. The Bertz CT molecular complexity index is 1170. The van der Waals surface area contributed by atoms with Gasteiger partial charge in [-0.05, 0) is 43.0 Å². The van der Waals surface area contributed by atoms with Crippen molar-refractivity contribution in [3.8, 4) is 0 Å². The minimum Gasteiger partial charge on any atom is -0.465 e. The number of ketones is 1. The van der Waals surface area contributed by atoms with Crippen LogP contribution in [0.5, 0.6) is 0 Å². The van der Waals surface area contributed by atoms with E-state index in [1.807, 2.05) is 0 Å². The third-order valence-electron chi connectivity index (χ3n) is 4.95. The zero-order valence-corrected chi connectivity index (χ0v) is 18.0. The molecule has 9 heteroatoms. The summed E-state index contributed by atoms with van der Waals surface area (Å²) in [5, 5.41) is 1.79. The van der Waals surface area contributed by atoms with Crippen LogP contribution in [-0.4, -0.2) is 47.7 Å². The van der Waals surface area contributed by atoms with Crippen molar-refractivity contribution in [1.29, 1.82) is 0 Å². The predicted octanol–water partition coefficient (Wildman–Crippen LogP) is 3.73. The van der Waals surface area contributed by atoms with Crippen LogP contribution in [0.3, 0.4) is 0 Å². The van der Waals surface area contributed by atoms with Gasteiger partial charge in [0, 0.05) is 15.8 Å². The summed E-state index contributed by atoms with van der Waals surface area (Å²) in [6, 6.07) is 4.22. The number of benzene rings is 1. The number of thiophene rings is 1. The summed E-state index contributed by atoms with van der Waals surface area (Å²) in [4.78, 5) is 48.1. The lowest BCUT2D eigenvalue weighted by Crippen LogP contribution is -2.14. The monoisotopic (exact) mass is 442 g/mol. The molecule has 0 radical (unpaired) electrons. The normalized spacial score (nSPS) is 12.6. The molecule has 4 rings (SSSR count). The zero-order chi connectivity index (χ0) is 21.3. The maximum absolute atomic E-state index is 13.0. The lowest BCUT2D eigenvalue weighted by atomic mass is 10.0. The summed E-state index contributed by atoms with van der Waals surface area (Å²) < 4.78 is 9.50. The van der Waals surface area contributed by atoms with E-state index in [-0.39, 0.29) is 28.2 Å². The number of hydrogen-bond donors (Lipinski definition) is 0. The van der Waals surface area contributed by atoms with Crippen molar-refractivity contribution < 1.29 is 23.9 Å². The topological polar surface area (TPSA) is 95.5 Å². The van der Waals surface area contributed by atoms with E-state index in [1.165, 1.54) is 60.9 Å². The first-order valence-electron chi connectivity index (χ1n) is 9.25. The van der Waals surface area contributed by atoms with Crippen LogP contribution in [0.25, 0.3) is 10.2 Å². The molecule has 30 heavy (non-hydrogen) atoms. The van der Waals surface area contributed by atoms with Crippen molar-refractivity contribution in [3.63, 3.8) is 0 Å². The Morgan fingerprint density at radius 2 is 1.87 bits per heavy atom. The molecule has 2 aromatic heterocycles. The second-order valence-electron chi connectivity index (χ2n) is 6.67. The van der Waals surface area contributed by atoms with Gasteiger partial charge >= 0.3 is 11.9 Å². The Morgan fingerprint density at radius 1 is 1.07 bits per heavy atom. The predicted molar refractivity (Wildman–Crippen MR) is 114 cm³/mol. The Kier molecular flexibility index (Phi) is 5.83. The first kappa shape index (κ1) is 20.5. The molecule has 0 atom stereocenters. The van der Waals surface area contributed by atoms with Crippen LogP contribution in [0.1, 0.15) is 47.9 Å². The van der Waals surface area contributed by atoms with Crippen LogP contribution in [0.2, 0.25) is 0 Å². The number of fused-ring (bicyclic) bond motifs is 3. The van der Waals surface area contributed by atoms with Gasteiger partial charge in [-0.15, -0.1) is 11.3 Å². The van der Waals surface area contributed by atoms with Gasteiger partial charge in [-0.1, -0.05) is 11.8 Å². The molecule has 3 aromatic rings. The fourth-order valence-corrected chi connectivity index (χ4v) is 5.73. The van der Waals surface area contributed by atoms with E-state index < -0.39 is 11.9 Å². The Morgan fingerprint density at radius 3 is 2.63 bits per heavy atom. The number of esters is 2. The van der Waals surface area contributed by atoms with Crippen molar-refractivity contribution >= 4 is 51.0 Å². The molecular weight excluding hydrogens is 424 g/mol. The molecule has 154 valence electrons. The molecule has 1 aromatic carbocycles. The maximum Gasteiger partial charge on any atom is 0.338 e. The minimum atomic E-state index is -0.639. The van der Waals surface area contributed by atoms with Crippen molar-refractivity contribution in [1.82, 2.24) is 9.97 Å². The van der Waals surface area contributed by atoms with Crippen LogP contribution >= 0.6 is 23.1 Å². The highest BCUT2D eigenvalue weighted by atomic mass is 32.2. The van der Waals surface area contributed by atoms with Crippen molar-refractivity contribution in [2.45, 2.75) is 24.3 Å². The van der Waals surface area contributed by atoms with Crippen LogP contribution < -0.4 is 0 Å². The molecule has 0 amide bonds. The number of nitrogens with zero attached hydrogens (tertiary/aromatic N) is 2. The molecule has 0 N–H and O–H groups in total. The van der Waals surface area contributed by atoms with E-state index in [0.717, 1.165) is 34.5 Å². The number of hydrogen-bond acceptors (Lipinski definition) is 9. The molecular formula is C21H18N2O5S2. The molecule has 0 bridgehead atoms. The standard InChI is InChI=1S/C21H18N2O5S2/c1-27-20(25)11-6-7-12(21(26)28-2)14(8-11)15(24)9-29-18-17-13-4-3-5-16(13)30-19(17)23-10-22-18/h6-8,10H,3-5,9H2,1-2H3. The molecule has 1 aliphatic rings. The summed E-state index contributed by atoms with van der Waals surface area (Å²) in [5.41, 5.74) is 1.71. The van der Waals surface area contributed by atoms with E-state index in [9.17, 15) is 14.4 Å². The molecule has 0 aliphatic heterocycles. The first-order valence-corrected chi connectivity index (χ1v) is 11.1. The average molecular weight is 443 g/mol. The summed E-state index contributed by atoms with van der Waals surface area (Å²) in [6.07, 6.45) is 4.69. The third-order valence-corrected chi connectivity index (χ3v) is 7.14. The van der Waals surface area contributed by atoms with Gasteiger partial charge in [-0.3, -0.25) is 4.79 Å². The zero-order valence-electron chi connectivity index (χ0n) is 16.4. The summed E-state index contributed by atoms with van der Waals surface area (Å²) in [5.74, 6) is -1.46. The highest BCUT2D eigenvalue weighted by Gasteiger charge is 2.24. The molecule has 0 fully saturated rings. The van der Waals surface area contributed by atoms with Crippen molar-refractivity contribution in [2.75, 3.05) is 20.0 Å². The van der Waals surface area contributed by atoms with Crippen LogP contribution in [0, 0.1) is 0 Å². The minimum absolute atomic E-state index is 0.0609. The second-order valence-corrected chi connectivity index (χ2v) is 8.72. The average Bonchev–Trinajstić information content (AvgIpc) is 3.37. The molecule has 2 heterocycles. The van der Waals surface area contributed by atoms with Gasteiger partial charge in [0.25, 0.3) is 0 Å². The number of Topliss-reactive ketones (excluding diaryl/α,β-unsaturated/α-hetero) is 1. The number of carbonyl (C=O) groups excluding carboxylic acids is 3. The summed E-state index contributed by atoms with van der Waals surface area (Å²) >= 11 is 3.00. The van der Waals surface area contributed by atoms with E-state index in [2.05, 4.69) is 9.97 Å². The van der Waals surface area contributed by atoms with Gasteiger partial charge in [0.05, 0.1) is 31.1 Å². The van der Waals surface area contributed by atoms with Gasteiger partial charge < -0.3 is 9.47 Å². The van der Waals surface area contributed by atoms with Gasteiger partial charge in [-0.25, -0.2) is 19.6 Å². The Labute approximate surface area is 180 Å². The molecule has 0 saturated heterocycles. The largest absolute Gasteiger partial charge is 0.465 e. The number of methoxy groups -OCH3 is 2. The molecule has 7 nitrogen and oxygen atoms in total. The number of aromatic nitrogens is 2. The molecule has 0 spiro atoms. The van der Waals surface area contributed by atoms with E-state index >= 15 is 0 Å². The smallest absolute Gasteiger partial charge is 0.338 e. The fourth-order valence-electron chi connectivity index (χ4n) is 3.53. The number of rotatable bonds is 6. The van der Waals surface area contributed by atoms with Gasteiger partial charge in [0.1, 0.15) is 16.2 Å². The maximum atomic E-state index is 13.0. The van der Waals surface area contributed by atoms with Crippen LogP contribution in [0.15, 0.2) is 29.6 Å². The van der Waals surface area contributed by atoms with Gasteiger partial charge in [0.15, 0.2) is 5.78 Å². The third kappa shape index (κ3) is 3.70. The van der Waals surface area contributed by atoms with E-state index in [1.54, 1.807) is 11.3 Å². The molecule has 0 saturated carbocycles. The van der Waals surface area contributed by atoms with Gasteiger partial charge in [0.2, 0.25) is 0 Å².